The van der Waals surface area contributed by atoms with Gasteiger partial charge in [-0.05, 0) is 50.5 Å². The van der Waals surface area contributed by atoms with E-state index in [9.17, 15) is 4.79 Å². The second kappa shape index (κ2) is 7.25. The van der Waals surface area contributed by atoms with E-state index >= 15 is 0 Å². The van der Waals surface area contributed by atoms with Crippen LogP contribution in [0.25, 0.3) is 10.6 Å². The number of aryl methyl sites for hydroxylation is 1. The number of halogens is 1. The zero-order valence-electron chi connectivity index (χ0n) is 16.4. The standard InChI is InChI=1S/C22H21ClN4O2S/c1-14-2-8-17(9-3-14)29-10-18(28)24-21-11-22(12-21,13-21)25-20-27-26-19(30-20)15-4-6-16(23)7-5-15/h2-9H,10-13H2,1H3,(H,24,28)(H,25,27). The van der Waals surface area contributed by atoms with Crippen molar-refractivity contribution in [2.75, 3.05) is 11.9 Å². The van der Waals surface area contributed by atoms with Crippen LogP contribution in [0, 0.1) is 6.92 Å². The van der Waals surface area contributed by atoms with Gasteiger partial charge in [-0.3, -0.25) is 4.79 Å². The molecule has 6 nitrogen and oxygen atoms in total. The second-order valence-electron chi connectivity index (χ2n) is 8.29. The first-order valence-corrected chi connectivity index (χ1v) is 11.0. The lowest BCUT2D eigenvalue weighted by molar-refractivity contribution is -0.135. The Kier molecular flexibility index (Phi) is 4.67. The molecule has 1 aromatic heterocycles. The minimum Gasteiger partial charge on any atom is -0.484 e. The van der Waals surface area contributed by atoms with Crippen molar-refractivity contribution in [2.24, 2.45) is 0 Å². The van der Waals surface area contributed by atoms with Gasteiger partial charge in [0.05, 0.1) is 0 Å². The van der Waals surface area contributed by atoms with Crippen molar-refractivity contribution in [3.63, 3.8) is 0 Å². The number of nitrogens with one attached hydrogen (secondary N) is 2. The number of ether oxygens (including phenoxy) is 1. The first-order chi connectivity index (χ1) is 14.4. The Balaban J connectivity index is 1.11. The highest BCUT2D eigenvalue weighted by atomic mass is 35.5. The van der Waals surface area contributed by atoms with Crippen LogP contribution in [-0.4, -0.2) is 33.8 Å². The number of aromatic nitrogens is 2. The molecule has 3 aromatic rings. The van der Waals surface area contributed by atoms with Gasteiger partial charge in [-0.1, -0.05) is 52.8 Å². The Morgan fingerprint density at radius 1 is 1.07 bits per heavy atom. The normalized spacial score (nSPS) is 23.8. The molecular weight excluding hydrogens is 420 g/mol. The molecule has 2 aromatic carbocycles. The van der Waals surface area contributed by atoms with Gasteiger partial charge in [-0.2, -0.15) is 0 Å². The van der Waals surface area contributed by atoms with E-state index in [1.54, 1.807) is 0 Å². The number of anilines is 1. The smallest absolute Gasteiger partial charge is 0.258 e. The van der Waals surface area contributed by atoms with Crippen LogP contribution < -0.4 is 15.4 Å². The molecule has 6 rings (SSSR count). The Labute approximate surface area is 183 Å². The number of rotatable bonds is 7. The van der Waals surface area contributed by atoms with E-state index in [4.69, 9.17) is 16.3 Å². The Bertz CT molecular complexity index is 1060. The molecule has 3 aliphatic rings. The molecule has 0 spiro atoms. The number of carbonyl (C=O) groups is 1. The third kappa shape index (κ3) is 3.75. The van der Waals surface area contributed by atoms with Crippen LogP contribution in [0.5, 0.6) is 5.75 Å². The largest absolute Gasteiger partial charge is 0.484 e. The van der Waals surface area contributed by atoms with Crippen LogP contribution in [0.2, 0.25) is 5.02 Å². The van der Waals surface area contributed by atoms with Gasteiger partial charge in [0.25, 0.3) is 5.91 Å². The third-order valence-electron chi connectivity index (χ3n) is 5.71. The predicted octanol–water partition coefficient (Wildman–Crippen LogP) is 4.45. The summed E-state index contributed by atoms with van der Waals surface area (Å²) in [4.78, 5) is 12.3. The zero-order valence-corrected chi connectivity index (χ0v) is 18.0. The van der Waals surface area contributed by atoms with E-state index in [-0.39, 0.29) is 23.6 Å². The van der Waals surface area contributed by atoms with Gasteiger partial charge in [0.15, 0.2) is 6.61 Å². The summed E-state index contributed by atoms with van der Waals surface area (Å²) in [5.74, 6) is 0.629. The van der Waals surface area contributed by atoms with Gasteiger partial charge in [0, 0.05) is 21.7 Å². The quantitative estimate of drug-likeness (QED) is 0.567. The third-order valence-corrected chi connectivity index (χ3v) is 6.85. The van der Waals surface area contributed by atoms with Crippen molar-refractivity contribution in [1.29, 1.82) is 0 Å². The highest BCUT2D eigenvalue weighted by molar-refractivity contribution is 7.18. The van der Waals surface area contributed by atoms with Gasteiger partial charge >= 0.3 is 0 Å². The summed E-state index contributed by atoms with van der Waals surface area (Å²) >= 11 is 7.47. The molecule has 2 bridgehead atoms. The van der Waals surface area contributed by atoms with E-state index in [1.165, 1.54) is 11.3 Å². The van der Waals surface area contributed by atoms with E-state index in [0.29, 0.717) is 10.8 Å². The molecule has 0 unspecified atom stereocenters. The first kappa shape index (κ1) is 19.3. The molecule has 3 aliphatic carbocycles. The first-order valence-electron chi connectivity index (χ1n) is 9.81. The summed E-state index contributed by atoms with van der Waals surface area (Å²) < 4.78 is 5.57. The average Bonchev–Trinajstić information content (AvgIpc) is 3.14. The number of benzene rings is 2. The minimum absolute atomic E-state index is 0.0158. The molecule has 1 heterocycles. The van der Waals surface area contributed by atoms with Gasteiger partial charge in [-0.25, -0.2) is 0 Å². The van der Waals surface area contributed by atoms with Gasteiger partial charge < -0.3 is 15.4 Å². The lowest BCUT2D eigenvalue weighted by Crippen LogP contribution is -2.81. The lowest BCUT2D eigenvalue weighted by atomic mass is 9.44. The molecule has 30 heavy (non-hydrogen) atoms. The summed E-state index contributed by atoms with van der Waals surface area (Å²) in [5, 5.41) is 17.6. The fourth-order valence-corrected chi connectivity index (χ4v) is 5.37. The van der Waals surface area contributed by atoms with E-state index in [1.807, 2.05) is 55.5 Å². The summed E-state index contributed by atoms with van der Waals surface area (Å²) in [7, 11) is 0. The maximum atomic E-state index is 12.3. The molecule has 8 heteroatoms. The number of carbonyl (C=O) groups excluding carboxylic acids is 1. The molecule has 0 aliphatic heterocycles. The Hall–Kier alpha value is -2.64. The fraction of sp³-hybridized carbons (Fsp3) is 0.318. The molecule has 0 radical (unpaired) electrons. The van der Waals surface area contributed by atoms with Gasteiger partial charge in [0.2, 0.25) is 5.13 Å². The lowest BCUT2D eigenvalue weighted by Gasteiger charge is -2.70. The van der Waals surface area contributed by atoms with Crippen LogP contribution in [0.3, 0.4) is 0 Å². The van der Waals surface area contributed by atoms with Crippen LogP contribution in [0.4, 0.5) is 5.13 Å². The molecule has 2 N–H and O–H groups in total. The maximum absolute atomic E-state index is 12.3. The number of nitrogens with zero attached hydrogens (tertiary/aromatic N) is 2. The number of hydrogen-bond donors (Lipinski definition) is 2. The average molecular weight is 441 g/mol. The van der Waals surface area contributed by atoms with Crippen molar-refractivity contribution >= 4 is 34.0 Å². The fourth-order valence-electron chi connectivity index (χ4n) is 4.38. The molecule has 1 amide bonds. The van der Waals surface area contributed by atoms with E-state index < -0.39 is 0 Å². The summed E-state index contributed by atoms with van der Waals surface area (Å²) in [5.41, 5.74) is 2.07. The van der Waals surface area contributed by atoms with Crippen molar-refractivity contribution in [2.45, 2.75) is 37.3 Å². The Morgan fingerprint density at radius 3 is 2.47 bits per heavy atom. The van der Waals surface area contributed by atoms with Crippen molar-refractivity contribution in [3.8, 4) is 16.3 Å². The molecule has 0 atom stereocenters. The van der Waals surface area contributed by atoms with E-state index in [2.05, 4.69) is 20.8 Å². The summed E-state index contributed by atoms with van der Waals surface area (Å²) in [6, 6.07) is 15.3. The van der Waals surface area contributed by atoms with E-state index in [0.717, 1.165) is 40.5 Å². The van der Waals surface area contributed by atoms with Gasteiger partial charge in [0.1, 0.15) is 10.8 Å². The molecular formula is C22H21ClN4O2S. The molecule has 3 fully saturated rings. The van der Waals surface area contributed by atoms with Crippen molar-refractivity contribution < 1.29 is 9.53 Å². The van der Waals surface area contributed by atoms with Crippen molar-refractivity contribution in [1.82, 2.24) is 15.5 Å². The highest BCUT2D eigenvalue weighted by Gasteiger charge is 2.69. The summed E-state index contributed by atoms with van der Waals surface area (Å²) in [6.07, 6.45) is 2.68. The molecule has 3 saturated carbocycles. The monoisotopic (exact) mass is 440 g/mol. The maximum Gasteiger partial charge on any atom is 0.258 e. The molecule has 154 valence electrons. The SMILES string of the molecule is Cc1ccc(OCC(=O)NC23CC(Nc4nnc(-c5ccc(Cl)cc5)s4)(C2)C3)cc1. The number of hydrogen-bond acceptors (Lipinski definition) is 6. The highest BCUT2D eigenvalue weighted by Crippen LogP contribution is 2.61. The van der Waals surface area contributed by atoms with Gasteiger partial charge in [-0.15, -0.1) is 10.2 Å². The van der Waals surface area contributed by atoms with Crippen LogP contribution in [0.15, 0.2) is 48.5 Å². The molecule has 0 saturated heterocycles. The minimum atomic E-state index is -0.107. The summed E-state index contributed by atoms with van der Waals surface area (Å²) in [6.45, 7) is 2.05. The Morgan fingerprint density at radius 2 is 1.77 bits per heavy atom. The number of amides is 1. The van der Waals surface area contributed by atoms with Crippen LogP contribution in [-0.2, 0) is 4.79 Å². The topological polar surface area (TPSA) is 76.1 Å². The van der Waals surface area contributed by atoms with Crippen molar-refractivity contribution in [3.05, 3.63) is 59.1 Å². The predicted molar refractivity (Wildman–Crippen MR) is 118 cm³/mol. The zero-order chi connectivity index (χ0) is 20.8. The van der Waals surface area contributed by atoms with Crippen LogP contribution in [0.1, 0.15) is 24.8 Å². The van der Waals surface area contributed by atoms with Crippen LogP contribution >= 0.6 is 22.9 Å². The second-order valence-corrected chi connectivity index (χ2v) is 9.70.